The van der Waals surface area contributed by atoms with Crippen LogP contribution in [0.25, 0.3) is 0 Å². The Morgan fingerprint density at radius 2 is 2.30 bits per heavy atom. The van der Waals surface area contributed by atoms with Gasteiger partial charge in [0.15, 0.2) is 23.4 Å². The minimum absolute atomic E-state index is 0.132. The molecule has 4 atom stereocenters. The number of Topliss-reactive ketones (excluding diaryl/α,β-unsaturated/α-hetero) is 1. The summed E-state index contributed by atoms with van der Waals surface area (Å²) >= 11 is 3.74. The van der Waals surface area contributed by atoms with Crippen molar-refractivity contribution in [3.63, 3.8) is 0 Å². The summed E-state index contributed by atoms with van der Waals surface area (Å²) in [5, 5.41) is 0. The van der Waals surface area contributed by atoms with Gasteiger partial charge in [-0.15, -0.1) is 0 Å². The number of carbonyl (C=O) groups excluding carboxylic acids is 1. The first-order chi connectivity index (χ1) is 11.1. The van der Waals surface area contributed by atoms with E-state index in [-0.39, 0.29) is 17.3 Å². The number of rotatable bonds is 1. The van der Waals surface area contributed by atoms with E-state index in [0.717, 1.165) is 41.8 Å². The number of hydrogen-bond acceptors (Lipinski definition) is 4. The molecular weight excluding hydrogens is 358 g/mol. The maximum Gasteiger partial charge on any atom is 0.174 e. The van der Waals surface area contributed by atoms with Crippen LogP contribution < -0.4 is 9.47 Å². The number of halogens is 1. The number of hydrogen-bond donors (Lipinski definition) is 0. The van der Waals surface area contributed by atoms with Crippen molar-refractivity contribution in [1.29, 1.82) is 0 Å². The Labute approximate surface area is 144 Å². The van der Waals surface area contributed by atoms with E-state index in [0.29, 0.717) is 18.4 Å². The monoisotopic (exact) mass is 377 g/mol. The number of likely N-dealkylation sites (tertiary alicyclic amines) is 1. The Morgan fingerprint density at radius 3 is 3.09 bits per heavy atom. The predicted molar refractivity (Wildman–Crippen MR) is 89.3 cm³/mol. The van der Waals surface area contributed by atoms with Crippen LogP contribution in [0.2, 0.25) is 0 Å². The van der Waals surface area contributed by atoms with Gasteiger partial charge in [-0.2, -0.15) is 0 Å². The molecule has 0 amide bonds. The van der Waals surface area contributed by atoms with Crippen LogP contribution in [0, 0.1) is 5.92 Å². The molecule has 5 rings (SSSR count). The van der Waals surface area contributed by atoms with Crippen LogP contribution in [0.4, 0.5) is 0 Å². The van der Waals surface area contributed by atoms with Gasteiger partial charge >= 0.3 is 0 Å². The molecule has 1 aromatic carbocycles. The molecule has 1 unspecified atom stereocenters. The largest absolute Gasteiger partial charge is 0.493 e. The summed E-state index contributed by atoms with van der Waals surface area (Å²) in [4.78, 5) is 15.2. The van der Waals surface area contributed by atoms with Crippen LogP contribution in [-0.4, -0.2) is 43.5 Å². The first-order valence-electron chi connectivity index (χ1n) is 8.37. The second-order valence-corrected chi connectivity index (χ2v) is 8.25. The number of nitrogens with zero attached hydrogens (tertiary/aromatic N) is 1. The molecule has 1 saturated carbocycles. The number of carbonyl (C=O) groups is 1. The minimum atomic E-state index is -0.310. The third-order valence-corrected chi connectivity index (χ3v) is 7.37. The maximum atomic E-state index is 12.7. The van der Waals surface area contributed by atoms with Crippen molar-refractivity contribution in [3.05, 3.63) is 21.7 Å². The second kappa shape index (κ2) is 4.51. The highest BCUT2D eigenvalue weighted by Crippen LogP contribution is 2.64. The fourth-order valence-corrected chi connectivity index (χ4v) is 6.27. The minimum Gasteiger partial charge on any atom is -0.493 e. The van der Waals surface area contributed by atoms with Gasteiger partial charge in [0.05, 0.1) is 7.11 Å². The summed E-state index contributed by atoms with van der Waals surface area (Å²) in [5.74, 6) is 2.37. The fraction of sp³-hybridized carbons (Fsp3) is 0.611. The highest BCUT2D eigenvalue weighted by Gasteiger charge is 2.65. The quantitative estimate of drug-likeness (QED) is 0.754. The van der Waals surface area contributed by atoms with E-state index in [1.807, 2.05) is 6.07 Å². The Morgan fingerprint density at radius 1 is 1.48 bits per heavy atom. The zero-order chi connectivity index (χ0) is 15.9. The third kappa shape index (κ3) is 1.53. The van der Waals surface area contributed by atoms with Gasteiger partial charge < -0.3 is 14.4 Å². The molecule has 2 aliphatic carbocycles. The van der Waals surface area contributed by atoms with Crippen molar-refractivity contribution in [2.75, 3.05) is 20.7 Å². The average molecular weight is 378 g/mol. The molecule has 1 aromatic rings. The molecule has 5 heteroatoms. The van der Waals surface area contributed by atoms with Crippen LogP contribution in [0.1, 0.15) is 30.4 Å². The Balaban J connectivity index is 1.84. The fourth-order valence-electron chi connectivity index (χ4n) is 5.70. The topological polar surface area (TPSA) is 38.8 Å². The lowest BCUT2D eigenvalue weighted by molar-refractivity contribution is -0.138. The van der Waals surface area contributed by atoms with Crippen LogP contribution in [0.5, 0.6) is 11.5 Å². The molecule has 0 N–H and O–H groups in total. The van der Waals surface area contributed by atoms with E-state index in [9.17, 15) is 4.79 Å². The highest BCUT2D eigenvalue weighted by atomic mass is 79.9. The Bertz CT molecular complexity index is 733. The Hall–Kier alpha value is -1.07. The van der Waals surface area contributed by atoms with Crippen LogP contribution in [0.15, 0.2) is 10.5 Å². The molecule has 0 radical (unpaired) electrons. The predicted octanol–water partition coefficient (Wildman–Crippen LogP) is 2.70. The van der Waals surface area contributed by atoms with Gasteiger partial charge in [-0.1, -0.05) is 15.9 Å². The molecule has 4 nitrogen and oxygen atoms in total. The van der Waals surface area contributed by atoms with Gasteiger partial charge in [-0.05, 0) is 50.4 Å². The van der Waals surface area contributed by atoms with E-state index in [1.54, 1.807) is 7.11 Å². The molecule has 1 spiro atoms. The molecule has 2 fully saturated rings. The number of methoxy groups -OCH3 is 1. The normalized spacial score (nSPS) is 37.3. The van der Waals surface area contributed by atoms with Crippen molar-refractivity contribution in [1.82, 2.24) is 4.90 Å². The molecule has 0 aromatic heterocycles. The summed E-state index contributed by atoms with van der Waals surface area (Å²) in [6.07, 6.45) is 3.35. The number of likely N-dealkylation sites (N-methyl/N-ethyl adjacent to an activating group) is 1. The maximum absolute atomic E-state index is 12.7. The summed E-state index contributed by atoms with van der Waals surface area (Å²) in [7, 11) is 3.90. The average Bonchev–Trinajstić information content (AvgIpc) is 2.89. The molecule has 1 saturated heterocycles. The van der Waals surface area contributed by atoms with Crippen molar-refractivity contribution < 1.29 is 14.3 Å². The van der Waals surface area contributed by atoms with Crippen molar-refractivity contribution in [3.8, 4) is 11.5 Å². The first kappa shape index (κ1) is 14.3. The second-order valence-electron chi connectivity index (χ2n) is 7.40. The van der Waals surface area contributed by atoms with Crippen molar-refractivity contribution in [2.24, 2.45) is 5.92 Å². The summed E-state index contributed by atoms with van der Waals surface area (Å²) in [6, 6.07) is 2.51. The highest BCUT2D eigenvalue weighted by molar-refractivity contribution is 9.10. The SMILES string of the molecule is COc1cc(Br)c2c3c1OC1C(=O)CC[C@@H]4[C@H](C2)N(C)CC[C@@]314. The first-order valence-corrected chi connectivity index (χ1v) is 9.16. The van der Waals surface area contributed by atoms with E-state index in [1.165, 1.54) is 11.1 Å². The Kier molecular flexibility index (Phi) is 2.80. The lowest BCUT2D eigenvalue weighted by atomic mass is 9.52. The molecular formula is C18H20BrNO3. The van der Waals surface area contributed by atoms with E-state index in [4.69, 9.17) is 9.47 Å². The van der Waals surface area contributed by atoms with Crippen LogP contribution in [0.3, 0.4) is 0 Å². The molecule has 2 heterocycles. The molecule has 23 heavy (non-hydrogen) atoms. The summed E-state index contributed by atoms with van der Waals surface area (Å²) in [6.45, 7) is 1.03. The van der Waals surface area contributed by atoms with Gasteiger partial charge in [0.2, 0.25) is 0 Å². The molecule has 2 bridgehead atoms. The van der Waals surface area contributed by atoms with Gasteiger partial charge in [0, 0.05) is 27.9 Å². The zero-order valence-corrected chi connectivity index (χ0v) is 15.0. The van der Waals surface area contributed by atoms with E-state index in [2.05, 4.69) is 27.9 Å². The molecule has 4 aliphatic rings. The lowest BCUT2D eigenvalue weighted by Crippen LogP contribution is -2.65. The van der Waals surface area contributed by atoms with Crippen LogP contribution >= 0.6 is 15.9 Å². The molecule has 122 valence electrons. The third-order valence-electron chi connectivity index (χ3n) is 6.67. The number of ether oxygens (including phenoxy) is 2. The summed E-state index contributed by atoms with van der Waals surface area (Å²) in [5.41, 5.74) is 2.47. The number of piperidine rings is 1. The van der Waals surface area contributed by atoms with Gasteiger partial charge in [-0.3, -0.25) is 4.79 Å². The number of ketones is 1. The van der Waals surface area contributed by atoms with Crippen molar-refractivity contribution >= 4 is 21.7 Å². The summed E-state index contributed by atoms with van der Waals surface area (Å²) < 4.78 is 13.0. The number of benzene rings is 1. The van der Waals surface area contributed by atoms with E-state index < -0.39 is 0 Å². The van der Waals surface area contributed by atoms with Gasteiger partial charge in [0.1, 0.15) is 0 Å². The lowest BCUT2D eigenvalue weighted by Gasteiger charge is -2.57. The van der Waals surface area contributed by atoms with Crippen LogP contribution in [-0.2, 0) is 16.6 Å². The zero-order valence-electron chi connectivity index (χ0n) is 13.4. The van der Waals surface area contributed by atoms with Gasteiger partial charge in [0.25, 0.3) is 0 Å². The standard InChI is InChI=1S/C18H20BrNO3/c1-20-6-5-18-10-3-4-13(21)17(18)23-16-14(22-2)8-11(19)9(15(16)18)7-12(10)20/h8,10,12,17H,3-7H2,1-2H3/t10-,12+,17?,18-/m1/s1. The smallest absolute Gasteiger partial charge is 0.174 e. The van der Waals surface area contributed by atoms with E-state index >= 15 is 0 Å². The molecule has 2 aliphatic heterocycles. The van der Waals surface area contributed by atoms with Gasteiger partial charge in [-0.25, -0.2) is 0 Å². The van der Waals surface area contributed by atoms with Crippen molar-refractivity contribution in [2.45, 2.75) is 43.2 Å².